The minimum atomic E-state index is 0.471. The lowest BCUT2D eigenvalue weighted by Gasteiger charge is -2.04. The minimum absolute atomic E-state index is 0.471. The molecule has 20 heavy (non-hydrogen) atoms. The van der Waals surface area contributed by atoms with Gasteiger partial charge in [0.25, 0.3) is 0 Å². The number of benzene rings is 2. The van der Waals surface area contributed by atoms with Crippen LogP contribution in [0, 0.1) is 6.92 Å². The van der Waals surface area contributed by atoms with Crippen molar-refractivity contribution in [1.82, 2.24) is 0 Å². The molecule has 0 aliphatic rings. The van der Waals surface area contributed by atoms with Gasteiger partial charge in [0.15, 0.2) is 0 Å². The van der Waals surface area contributed by atoms with Gasteiger partial charge in [-0.15, -0.1) is 11.3 Å². The van der Waals surface area contributed by atoms with Gasteiger partial charge >= 0.3 is 0 Å². The van der Waals surface area contributed by atoms with Gasteiger partial charge in [0.05, 0.1) is 16.8 Å². The molecule has 0 spiro atoms. The number of rotatable bonds is 2. The van der Waals surface area contributed by atoms with Crippen molar-refractivity contribution in [3.8, 4) is 16.2 Å². The summed E-state index contributed by atoms with van der Waals surface area (Å²) < 4.78 is 6.25. The molecular weight excluding hydrogens is 311 g/mol. The monoisotopic (exact) mass is 322 g/mol. The van der Waals surface area contributed by atoms with E-state index in [1.165, 1.54) is 16.0 Å². The second kappa shape index (κ2) is 5.28. The molecule has 1 aromatic heterocycles. The molecule has 0 saturated heterocycles. The molecule has 2 aromatic carbocycles. The summed E-state index contributed by atoms with van der Waals surface area (Å²) >= 11 is 14.2. The first-order valence-corrected chi connectivity index (χ1v) is 7.70. The molecule has 0 aliphatic heterocycles. The third-order valence-corrected chi connectivity index (χ3v) is 5.39. The summed E-state index contributed by atoms with van der Waals surface area (Å²) in [5.41, 5.74) is 2.43. The Bertz CT molecular complexity index is 775. The van der Waals surface area contributed by atoms with Crippen LogP contribution in [0.25, 0.3) is 20.5 Å². The lowest BCUT2D eigenvalue weighted by molar-refractivity contribution is 0.415. The van der Waals surface area contributed by atoms with Crippen molar-refractivity contribution in [2.24, 2.45) is 0 Å². The van der Waals surface area contributed by atoms with Crippen LogP contribution in [-0.2, 0) is 0 Å². The smallest absolute Gasteiger partial charge is 0.139 e. The number of hydrogen-bond acceptors (Lipinski definition) is 2. The quantitative estimate of drug-likeness (QED) is 0.546. The van der Waals surface area contributed by atoms with E-state index >= 15 is 0 Å². The van der Waals surface area contributed by atoms with Crippen molar-refractivity contribution in [3.05, 3.63) is 52.0 Å². The number of ether oxygens (including phenoxy) is 1. The van der Waals surface area contributed by atoms with Gasteiger partial charge in [-0.25, -0.2) is 0 Å². The number of thiophene rings is 1. The third-order valence-electron chi connectivity index (χ3n) is 3.21. The molecular formula is C16H12Cl2OS. The minimum Gasteiger partial charge on any atom is -0.495 e. The average molecular weight is 323 g/mol. The maximum atomic E-state index is 6.33. The average Bonchev–Trinajstić information content (AvgIpc) is 2.87. The number of hydrogen-bond donors (Lipinski definition) is 0. The highest BCUT2D eigenvalue weighted by molar-refractivity contribution is 7.23. The van der Waals surface area contributed by atoms with Gasteiger partial charge in [-0.3, -0.25) is 0 Å². The molecule has 0 N–H and O–H groups in total. The van der Waals surface area contributed by atoms with Gasteiger partial charge in [0, 0.05) is 4.88 Å². The zero-order valence-electron chi connectivity index (χ0n) is 11.0. The van der Waals surface area contributed by atoms with Crippen molar-refractivity contribution in [2.75, 3.05) is 7.11 Å². The molecule has 1 heterocycles. The first-order chi connectivity index (χ1) is 9.60. The predicted octanol–water partition coefficient (Wildman–Crippen LogP) is 6.19. The molecule has 0 aliphatic carbocycles. The standard InChI is InChI=1S/C16H12Cl2OS/c1-9-3-5-10(6-4-9)13-8-11-7-12(19-2)14(17)15(18)16(11)20-13/h3-8H,1-2H3. The maximum Gasteiger partial charge on any atom is 0.139 e. The van der Waals surface area contributed by atoms with Crippen LogP contribution in [-0.4, -0.2) is 7.11 Å². The van der Waals surface area contributed by atoms with E-state index < -0.39 is 0 Å². The summed E-state index contributed by atoms with van der Waals surface area (Å²) in [7, 11) is 1.59. The Labute approximate surface area is 131 Å². The summed E-state index contributed by atoms with van der Waals surface area (Å²) in [5, 5.41) is 2.08. The van der Waals surface area contributed by atoms with Crippen LogP contribution >= 0.6 is 34.5 Å². The van der Waals surface area contributed by atoms with Gasteiger partial charge in [-0.1, -0.05) is 53.0 Å². The Morgan fingerprint density at radius 1 is 1.00 bits per heavy atom. The van der Waals surface area contributed by atoms with E-state index in [4.69, 9.17) is 27.9 Å². The van der Waals surface area contributed by atoms with E-state index in [0.29, 0.717) is 15.8 Å². The molecule has 0 saturated carbocycles. The molecule has 0 fully saturated rings. The molecule has 0 atom stereocenters. The van der Waals surface area contributed by atoms with E-state index in [1.807, 2.05) is 6.07 Å². The molecule has 1 nitrogen and oxygen atoms in total. The molecule has 0 bridgehead atoms. The molecule has 0 unspecified atom stereocenters. The van der Waals surface area contributed by atoms with Crippen molar-refractivity contribution in [3.63, 3.8) is 0 Å². The van der Waals surface area contributed by atoms with Crippen molar-refractivity contribution in [2.45, 2.75) is 6.92 Å². The number of aryl methyl sites for hydroxylation is 1. The van der Waals surface area contributed by atoms with Crippen LogP contribution in [0.2, 0.25) is 10.0 Å². The number of fused-ring (bicyclic) bond motifs is 1. The molecule has 4 heteroatoms. The highest BCUT2D eigenvalue weighted by Gasteiger charge is 2.14. The maximum absolute atomic E-state index is 6.33. The van der Waals surface area contributed by atoms with Crippen LogP contribution in [0.5, 0.6) is 5.75 Å². The van der Waals surface area contributed by atoms with Crippen LogP contribution in [0.1, 0.15) is 5.56 Å². The molecule has 102 valence electrons. The van der Waals surface area contributed by atoms with E-state index in [2.05, 4.69) is 37.3 Å². The normalized spacial score (nSPS) is 11.0. The van der Waals surface area contributed by atoms with Gasteiger partial charge in [-0.2, -0.15) is 0 Å². The fourth-order valence-corrected chi connectivity index (χ4v) is 3.79. The molecule has 3 rings (SSSR count). The lowest BCUT2D eigenvalue weighted by Crippen LogP contribution is -1.84. The highest BCUT2D eigenvalue weighted by atomic mass is 35.5. The van der Waals surface area contributed by atoms with E-state index in [0.717, 1.165) is 10.1 Å². The van der Waals surface area contributed by atoms with Gasteiger partial charge in [-0.05, 0) is 30.0 Å². The summed E-state index contributed by atoms with van der Waals surface area (Å²) in [4.78, 5) is 1.17. The largest absolute Gasteiger partial charge is 0.495 e. The predicted molar refractivity (Wildman–Crippen MR) is 88.6 cm³/mol. The van der Waals surface area contributed by atoms with E-state index in [-0.39, 0.29) is 0 Å². The van der Waals surface area contributed by atoms with Crippen LogP contribution < -0.4 is 4.74 Å². The zero-order chi connectivity index (χ0) is 14.3. The number of halogens is 2. The summed E-state index contributed by atoms with van der Waals surface area (Å²) in [6.45, 7) is 2.08. The van der Waals surface area contributed by atoms with Gasteiger partial charge in [0.2, 0.25) is 0 Å². The SMILES string of the molecule is COc1cc2cc(-c3ccc(C)cc3)sc2c(Cl)c1Cl. The van der Waals surface area contributed by atoms with Crippen molar-refractivity contribution in [1.29, 1.82) is 0 Å². The van der Waals surface area contributed by atoms with Crippen LogP contribution in [0.3, 0.4) is 0 Å². The van der Waals surface area contributed by atoms with Gasteiger partial charge in [0.1, 0.15) is 10.8 Å². The third kappa shape index (κ3) is 2.28. The summed E-state index contributed by atoms with van der Waals surface area (Å²) in [6, 6.07) is 12.5. The number of methoxy groups -OCH3 is 1. The first-order valence-electron chi connectivity index (χ1n) is 6.12. The highest BCUT2D eigenvalue weighted by Crippen LogP contribution is 2.44. The lowest BCUT2D eigenvalue weighted by atomic mass is 10.1. The van der Waals surface area contributed by atoms with Crippen molar-refractivity contribution < 1.29 is 4.74 Å². The zero-order valence-corrected chi connectivity index (χ0v) is 13.4. The van der Waals surface area contributed by atoms with E-state index in [1.54, 1.807) is 18.4 Å². The Balaban J connectivity index is 2.20. The fraction of sp³-hybridized carbons (Fsp3) is 0.125. The molecule has 0 amide bonds. The van der Waals surface area contributed by atoms with Crippen LogP contribution in [0.4, 0.5) is 0 Å². The molecule has 0 radical (unpaired) electrons. The first kappa shape index (κ1) is 13.7. The Hall–Kier alpha value is -1.22. The summed E-state index contributed by atoms with van der Waals surface area (Å²) in [5.74, 6) is 0.609. The topological polar surface area (TPSA) is 9.23 Å². The second-order valence-electron chi connectivity index (χ2n) is 4.60. The summed E-state index contributed by atoms with van der Waals surface area (Å²) in [6.07, 6.45) is 0. The second-order valence-corrected chi connectivity index (χ2v) is 6.41. The van der Waals surface area contributed by atoms with Crippen LogP contribution in [0.15, 0.2) is 36.4 Å². The Kier molecular flexibility index (Phi) is 3.63. The molecule has 3 aromatic rings. The van der Waals surface area contributed by atoms with Crippen molar-refractivity contribution >= 4 is 44.6 Å². The Morgan fingerprint density at radius 2 is 1.70 bits per heavy atom. The van der Waals surface area contributed by atoms with E-state index in [9.17, 15) is 0 Å². The fourth-order valence-electron chi connectivity index (χ4n) is 2.10. The van der Waals surface area contributed by atoms with Gasteiger partial charge < -0.3 is 4.74 Å². The Morgan fingerprint density at radius 3 is 2.35 bits per heavy atom.